The van der Waals surface area contributed by atoms with Crippen molar-refractivity contribution in [2.45, 2.75) is 0 Å². The Hall–Kier alpha value is -1.58. The number of aromatic amines is 1. The molecule has 2 heterocycles. The number of carbonyl (C=O) groups is 1. The molecule has 0 aliphatic carbocycles. The van der Waals surface area contributed by atoms with Gasteiger partial charge in [0.05, 0.1) is 9.90 Å². The second-order valence-corrected chi connectivity index (χ2v) is 5.00. The van der Waals surface area contributed by atoms with Crippen molar-refractivity contribution in [3.05, 3.63) is 57.4 Å². The monoisotopic (exact) mass is 261 g/mol. The minimum atomic E-state index is -0.0255. The van der Waals surface area contributed by atoms with E-state index in [0.29, 0.717) is 15.5 Å². The van der Waals surface area contributed by atoms with Crippen LogP contribution in [-0.4, -0.2) is 10.8 Å². The SMILES string of the molecule is O=C(c1sccc1Cl)c1c[nH]c2ccccc12. The molecule has 17 heavy (non-hydrogen) atoms. The average Bonchev–Trinajstić information content (AvgIpc) is 2.94. The van der Waals surface area contributed by atoms with Crippen molar-refractivity contribution in [2.24, 2.45) is 0 Å². The summed E-state index contributed by atoms with van der Waals surface area (Å²) in [6.45, 7) is 0. The first kappa shape index (κ1) is 10.6. The maximum absolute atomic E-state index is 12.3. The zero-order valence-corrected chi connectivity index (χ0v) is 10.3. The summed E-state index contributed by atoms with van der Waals surface area (Å²) in [6, 6.07) is 9.48. The number of thiophene rings is 1. The van der Waals surface area contributed by atoms with Gasteiger partial charge in [-0.15, -0.1) is 11.3 Å². The highest BCUT2D eigenvalue weighted by Gasteiger charge is 2.17. The first-order chi connectivity index (χ1) is 8.27. The Bertz CT molecular complexity index is 698. The van der Waals surface area contributed by atoms with Gasteiger partial charge in [0.25, 0.3) is 0 Å². The predicted molar refractivity (Wildman–Crippen MR) is 71.1 cm³/mol. The number of H-pyrrole nitrogens is 1. The third kappa shape index (κ3) is 1.68. The number of benzene rings is 1. The van der Waals surface area contributed by atoms with Crippen LogP contribution in [0.3, 0.4) is 0 Å². The number of halogens is 1. The number of aromatic nitrogens is 1. The molecular formula is C13H8ClNOS. The summed E-state index contributed by atoms with van der Waals surface area (Å²) in [5, 5.41) is 3.27. The molecule has 0 aliphatic rings. The maximum Gasteiger partial charge on any atom is 0.206 e. The lowest BCUT2D eigenvalue weighted by molar-refractivity contribution is 0.104. The van der Waals surface area contributed by atoms with Crippen molar-refractivity contribution in [1.29, 1.82) is 0 Å². The van der Waals surface area contributed by atoms with Gasteiger partial charge in [-0.25, -0.2) is 0 Å². The van der Waals surface area contributed by atoms with E-state index in [0.717, 1.165) is 10.9 Å². The van der Waals surface area contributed by atoms with Gasteiger partial charge in [-0.1, -0.05) is 29.8 Å². The molecule has 0 spiro atoms. The quantitative estimate of drug-likeness (QED) is 0.692. The normalized spacial score (nSPS) is 10.9. The Labute approximate surface area is 107 Å². The van der Waals surface area contributed by atoms with Gasteiger partial charge in [0, 0.05) is 22.7 Å². The van der Waals surface area contributed by atoms with Crippen molar-refractivity contribution in [2.75, 3.05) is 0 Å². The van der Waals surface area contributed by atoms with E-state index in [2.05, 4.69) is 4.98 Å². The van der Waals surface area contributed by atoms with Crippen molar-refractivity contribution >= 4 is 39.6 Å². The first-order valence-corrected chi connectivity index (χ1v) is 6.37. The molecule has 0 fully saturated rings. The van der Waals surface area contributed by atoms with Crippen molar-refractivity contribution in [3.63, 3.8) is 0 Å². The average molecular weight is 262 g/mol. The molecule has 2 aromatic heterocycles. The molecule has 1 aromatic carbocycles. The first-order valence-electron chi connectivity index (χ1n) is 5.11. The van der Waals surface area contributed by atoms with E-state index in [1.54, 1.807) is 12.3 Å². The van der Waals surface area contributed by atoms with Crippen molar-refractivity contribution in [1.82, 2.24) is 4.98 Å². The van der Waals surface area contributed by atoms with Gasteiger partial charge in [-0.05, 0) is 17.5 Å². The van der Waals surface area contributed by atoms with Crippen LogP contribution in [-0.2, 0) is 0 Å². The number of hydrogen-bond acceptors (Lipinski definition) is 2. The Morgan fingerprint density at radius 2 is 2.06 bits per heavy atom. The van der Waals surface area contributed by atoms with Crippen LogP contribution in [0.2, 0.25) is 5.02 Å². The zero-order chi connectivity index (χ0) is 11.8. The van der Waals surface area contributed by atoms with Gasteiger partial charge < -0.3 is 4.98 Å². The fraction of sp³-hybridized carbons (Fsp3) is 0. The molecule has 0 radical (unpaired) electrons. The van der Waals surface area contributed by atoms with Gasteiger partial charge in [-0.3, -0.25) is 4.79 Å². The molecule has 3 aromatic rings. The van der Waals surface area contributed by atoms with Crippen LogP contribution in [0, 0.1) is 0 Å². The van der Waals surface area contributed by atoms with E-state index in [-0.39, 0.29) is 5.78 Å². The Morgan fingerprint density at radius 3 is 2.82 bits per heavy atom. The smallest absolute Gasteiger partial charge is 0.206 e. The molecule has 0 saturated carbocycles. The highest BCUT2D eigenvalue weighted by atomic mass is 35.5. The number of rotatable bonds is 2. The number of fused-ring (bicyclic) bond motifs is 1. The molecule has 0 unspecified atom stereocenters. The topological polar surface area (TPSA) is 32.9 Å². The number of ketones is 1. The minimum Gasteiger partial charge on any atom is -0.360 e. The maximum atomic E-state index is 12.3. The van der Waals surface area contributed by atoms with Crippen molar-refractivity contribution < 1.29 is 4.79 Å². The van der Waals surface area contributed by atoms with Crippen LogP contribution in [0.15, 0.2) is 41.9 Å². The largest absolute Gasteiger partial charge is 0.360 e. The van der Waals surface area contributed by atoms with Gasteiger partial charge >= 0.3 is 0 Å². The lowest BCUT2D eigenvalue weighted by Crippen LogP contribution is -1.97. The van der Waals surface area contributed by atoms with Crippen LogP contribution < -0.4 is 0 Å². The van der Waals surface area contributed by atoms with E-state index >= 15 is 0 Å². The Balaban J connectivity index is 2.17. The molecule has 0 bridgehead atoms. The molecule has 1 N–H and O–H groups in total. The summed E-state index contributed by atoms with van der Waals surface area (Å²) in [5.41, 5.74) is 1.63. The summed E-state index contributed by atoms with van der Waals surface area (Å²) in [7, 11) is 0. The molecular weight excluding hydrogens is 254 g/mol. The molecule has 3 rings (SSSR count). The van der Waals surface area contributed by atoms with E-state index in [4.69, 9.17) is 11.6 Å². The van der Waals surface area contributed by atoms with Crippen LogP contribution in [0.25, 0.3) is 10.9 Å². The lowest BCUT2D eigenvalue weighted by Gasteiger charge is -1.96. The molecule has 0 saturated heterocycles. The van der Waals surface area contributed by atoms with Crippen LogP contribution in [0.5, 0.6) is 0 Å². The second kappa shape index (κ2) is 4.02. The molecule has 4 heteroatoms. The molecule has 0 aliphatic heterocycles. The third-order valence-corrected chi connectivity index (χ3v) is 4.00. The highest BCUT2D eigenvalue weighted by molar-refractivity contribution is 7.13. The van der Waals surface area contributed by atoms with Gasteiger partial charge in [0.15, 0.2) is 0 Å². The lowest BCUT2D eigenvalue weighted by atomic mass is 10.1. The molecule has 0 atom stereocenters. The predicted octanol–water partition coefficient (Wildman–Crippen LogP) is 4.11. The molecule has 84 valence electrons. The number of hydrogen-bond donors (Lipinski definition) is 1. The van der Waals surface area contributed by atoms with Gasteiger partial charge in [0.2, 0.25) is 5.78 Å². The summed E-state index contributed by atoms with van der Waals surface area (Å²) in [4.78, 5) is 16.0. The van der Waals surface area contributed by atoms with E-state index in [1.165, 1.54) is 11.3 Å². The zero-order valence-electron chi connectivity index (χ0n) is 8.74. The fourth-order valence-corrected chi connectivity index (χ4v) is 2.93. The third-order valence-electron chi connectivity index (χ3n) is 2.66. The van der Waals surface area contributed by atoms with E-state index < -0.39 is 0 Å². The number of para-hydroxylation sites is 1. The number of carbonyl (C=O) groups excluding carboxylic acids is 1. The highest BCUT2D eigenvalue weighted by Crippen LogP contribution is 2.28. The summed E-state index contributed by atoms with van der Waals surface area (Å²) < 4.78 is 0. The van der Waals surface area contributed by atoms with E-state index in [1.807, 2.05) is 29.6 Å². The van der Waals surface area contributed by atoms with Gasteiger partial charge in [0.1, 0.15) is 0 Å². The standard InChI is InChI=1S/C13H8ClNOS/c14-10-5-6-17-13(10)12(16)9-7-15-11-4-2-1-3-8(9)11/h1-7,15H. The second-order valence-electron chi connectivity index (χ2n) is 3.67. The fourth-order valence-electron chi connectivity index (χ4n) is 1.84. The summed E-state index contributed by atoms with van der Waals surface area (Å²) >= 11 is 7.35. The van der Waals surface area contributed by atoms with Crippen LogP contribution >= 0.6 is 22.9 Å². The summed E-state index contributed by atoms with van der Waals surface area (Å²) in [6.07, 6.45) is 1.74. The van der Waals surface area contributed by atoms with Crippen LogP contribution in [0.1, 0.15) is 15.2 Å². The molecule has 0 amide bonds. The Kier molecular flexibility index (Phi) is 2.50. The Morgan fingerprint density at radius 1 is 1.24 bits per heavy atom. The molecule has 2 nitrogen and oxygen atoms in total. The van der Waals surface area contributed by atoms with Crippen LogP contribution in [0.4, 0.5) is 0 Å². The van der Waals surface area contributed by atoms with Gasteiger partial charge in [-0.2, -0.15) is 0 Å². The minimum absolute atomic E-state index is 0.0255. The number of nitrogens with one attached hydrogen (secondary N) is 1. The summed E-state index contributed by atoms with van der Waals surface area (Å²) in [5.74, 6) is -0.0255. The van der Waals surface area contributed by atoms with E-state index in [9.17, 15) is 4.79 Å². The van der Waals surface area contributed by atoms with Crippen molar-refractivity contribution in [3.8, 4) is 0 Å².